The van der Waals surface area contributed by atoms with Gasteiger partial charge in [0.05, 0.1) is 5.56 Å². The topological polar surface area (TPSA) is 127 Å². The molecule has 196 valence electrons. The second-order valence-electron chi connectivity index (χ2n) is 10.2. The highest BCUT2D eigenvalue weighted by atomic mass is 19.1. The van der Waals surface area contributed by atoms with E-state index in [-0.39, 0.29) is 28.2 Å². The summed E-state index contributed by atoms with van der Waals surface area (Å²) < 4.78 is 17.2. The van der Waals surface area contributed by atoms with Crippen molar-refractivity contribution < 1.29 is 14.0 Å². The van der Waals surface area contributed by atoms with Gasteiger partial charge in [-0.2, -0.15) is 0 Å². The Morgan fingerprint density at radius 2 is 1.92 bits per heavy atom. The van der Waals surface area contributed by atoms with Crippen molar-refractivity contribution in [3.8, 4) is 23.1 Å². The lowest BCUT2D eigenvalue weighted by Gasteiger charge is -2.27. The van der Waals surface area contributed by atoms with E-state index in [1.54, 1.807) is 43.6 Å². The van der Waals surface area contributed by atoms with Crippen LogP contribution in [-0.2, 0) is 10.2 Å². The van der Waals surface area contributed by atoms with Crippen molar-refractivity contribution in [3.05, 3.63) is 72.2 Å². The molecule has 2 bridgehead atoms. The predicted octanol–water partition coefficient (Wildman–Crippen LogP) is 3.86. The highest BCUT2D eigenvalue weighted by molar-refractivity contribution is 6.04. The summed E-state index contributed by atoms with van der Waals surface area (Å²) in [6.45, 7) is 1.64. The zero-order valence-corrected chi connectivity index (χ0v) is 21.3. The molecule has 2 aliphatic carbocycles. The Labute approximate surface area is 224 Å². The Balaban J connectivity index is 1.36. The van der Waals surface area contributed by atoms with Crippen molar-refractivity contribution in [2.24, 2.45) is 0 Å². The van der Waals surface area contributed by atoms with Crippen molar-refractivity contribution >= 4 is 29.0 Å². The van der Waals surface area contributed by atoms with E-state index >= 15 is 4.39 Å². The van der Waals surface area contributed by atoms with Gasteiger partial charge in [-0.1, -0.05) is 18.1 Å². The average molecular weight is 524 g/mol. The molecule has 9 nitrogen and oxygen atoms in total. The molecule has 2 fully saturated rings. The van der Waals surface area contributed by atoms with E-state index in [9.17, 15) is 9.59 Å². The largest absolute Gasteiger partial charge is 0.382 e. The van der Waals surface area contributed by atoms with Gasteiger partial charge in [-0.25, -0.2) is 19.3 Å². The monoisotopic (exact) mass is 523 g/mol. The van der Waals surface area contributed by atoms with Gasteiger partial charge in [0, 0.05) is 35.1 Å². The number of carbonyl (C=O) groups is 2. The zero-order chi connectivity index (χ0) is 27.2. The normalized spacial score (nSPS) is 21.4. The van der Waals surface area contributed by atoms with Crippen molar-refractivity contribution in [2.45, 2.75) is 50.0 Å². The zero-order valence-electron chi connectivity index (χ0n) is 21.3. The first-order valence-corrected chi connectivity index (χ1v) is 12.7. The number of anilines is 2. The molecule has 0 atom stereocenters. The fraction of sp³-hybridized carbons (Fsp3) is 0.276. The Morgan fingerprint density at radius 1 is 1.10 bits per heavy atom. The minimum atomic E-state index is -0.690. The minimum absolute atomic E-state index is 0.111. The molecule has 2 amide bonds. The third-order valence-electron chi connectivity index (χ3n) is 7.91. The molecule has 1 aromatic carbocycles. The van der Waals surface area contributed by atoms with E-state index in [1.807, 2.05) is 10.6 Å². The Kier molecular flexibility index (Phi) is 5.79. The number of carbonyl (C=O) groups excluding carboxylic acids is 2. The number of pyridine rings is 1. The van der Waals surface area contributed by atoms with E-state index in [0.29, 0.717) is 22.6 Å². The number of amides is 2. The van der Waals surface area contributed by atoms with Gasteiger partial charge in [-0.05, 0) is 69.2 Å². The lowest BCUT2D eigenvalue weighted by molar-refractivity contribution is -0.117. The molecule has 6 rings (SSSR count). The van der Waals surface area contributed by atoms with Crippen LogP contribution in [0.4, 0.5) is 16.0 Å². The molecule has 4 aromatic rings. The molecule has 0 aliphatic heterocycles. The highest BCUT2D eigenvalue weighted by Crippen LogP contribution is 2.57. The first-order chi connectivity index (χ1) is 18.8. The smallest absolute Gasteiger partial charge is 0.296 e. The number of nitrogens with zero attached hydrogens (tertiary/aromatic N) is 4. The van der Waals surface area contributed by atoms with Crippen molar-refractivity contribution in [1.29, 1.82) is 0 Å². The van der Waals surface area contributed by atoms with Crippen LogP contribution in [0.5, 0.6) is 0 Å². The number of fused-ring (bicyclic) bond motifs is 3. The second-order valence-corrected chi connectivity index (χ2v) is 10.2. The summed E-state index contributed by atoms with van der Waals surface area (Å²) in [4.78, 5) is 38.3. The first kappa shape index (κ1) is 24.6. The van der Waals surface area contributed by atoms with Crippen molar-refractivity contribution in [1.82, 2.24) is 24.7 Å². The van der Waals surface area contributed by atoms with Gasteiger partial charge in [0.1, 0.15) is 34.5 Å². The van der Waals surface area contributed by atoms with Crippen LogP contribution in [0.15, 0.2) is 55.0 Å². The van der Waals surface area contributed by atoms with Crippen molar-refractivity contribution in [3.63, 3.8) is 0 Å². The van der Waals surface area contributed by atoms with Crippen LogP contribution in [0.2, 0.25) is 0 Å². The summed E-state index contributed by atoms with van der Waals surface area (Å²) in [6, 6.07) is 9.46. The van der Waals surface area contributed by atoms with Crippen LogP contribution in [0.3, 0.4) is 0 Å². The molecule has 10 heteroatoms. The van der Waals surface area contributed by atoms with Gasteiger partial charge in [0.15, 0.2) is 0 Å². The second kappa shape index (κ2) is 9.20. The SMILES string of the molecule is CC#CC(=O)NC12CCC(c3nc(-c4ccc(C(=O)Nc5ccccn5)c(F)c4)c4c(N)nccn34)(CC1)C2. The van der Waals surface area contributed by atoms with Gasteiger partial charge in [-0.15, -0.1) is 0 Å². The average Bonchev–Trinajstić information content (AvgIpc) is 3.60. The van der Waals surface area contributed by atoms with E-state index in [2.05, 4.69) is 32.4 Å². The molecule has 0 saturated heterocycles. The summed E-state index contributed by atoms with van der Waals surface area (Å²) in [5.41, 5.74) is 7.17. The van der Waals surface area contributed by atoms with Crippen molar-refractivity contribution in [2.75, 3.05) is 11.1 Å². The molecule has 2 aliphatic rings. The first-order valence-electron chi connectivity index (χ1n) is 12.7. The van der Waals surface area contributed by atoms with Crippen LogP contribution in [0, 0.1) is 17.7 Å². The summed E-state index contributed by atoms with van der Waals surface area (Å²) in [5.74, 6) is 5.10. The maximum Gasteiger partial charge on any atom is 0.296 e. The van der Waals surface area contributed by atoms with Crippen LogP contribution in [0.1, 0.15) is 55.2 Å². The molecule has 39 heavy (non-hydrogen) atoms. The summed E-state index contributed by atoms with van der Waals surface area (Å²) >= 11 is 0. The van der Waals surface area contributed by atoms with Gasteiger partial charge in [0.25, 0.3) is 11.8 Å². The molecule has 3 aromatic heterocycles. The number of hydrogen-bond acceptors (Lipinski definition) is 6. The Bertz CT molecular complexity index is 1680. The standard InChI is InChI=1S/C29H26FN7O2/c1-2-5-22(38)36-29-11-9-28(17-29,10-12-29)27-35-23(24-25(31)33-14-15-37(24)27)18-7-8-19(20(30)16-18)26(39)34-21-6-3-4-13-32-21/h3-4,6-8,13-16H,9-12,17H2,1H3,(H2,31,33)(H,36,38)(H,32,34,39). The van der Waals surface area contributed by atoms with Gasteiger partial charge >= 0.3 is 0 Å². The molecule has 0 unspecified atom stereocenters. The van der Waals surface area contributed by atoms with E-state index in [4.69, 9.17) is 10.7 Å². The fourth-order valence-electron chi connectivity index (χ4n) is 6.17. The van der Waals surface area contributed by atoms with Gasteiger partial charge in [-0.3, -0.25) is 14.0 Å². The maximum atomic E-state index is 15.3. The quantitative estimate of drug-likeness (QED) is 0.341. The number of nitrogens with one attached hydrogen (secondary N) is 2. The molecular formula is C29H26FN7O2. The predicted molar refractivity (Wildman–Crippen MR) is 144 cm³/mol. The molecule has 4 N–H and O–H groups in total. The maximum absolute atomic E-state index is 15.3. The summed E-state index contributed by atoms with van der Waals surface area (Å²) in [5, 5.41) is 5.74. The summed E-state index contributed by atoms with van der Waals surface area (Å²) in [6.07, 6.45) is 9.04. The highest BCUT2D eigenvalue weighted by Gasteiger charge is 2.57. The number of aromatic nitrogens is 4. The van der Waals surface area contributed by atoms with Crippen LogP contribution in [-0.4, -0.2) is 36.7 Å². The lowest BCUT2D eigenvalue weighted by Crippen LogP contribution is -2.44. The molecule has 0 radical (unpaired) electrons. The number of hydrogen-bond donors (Lipinski definition) is 3. The number of nitrogen functional groups attached to an aromatic ring is 1. The van der Waals surface area contributed by atoms with Gasteiger partial charge < -0.3 is 16.4 Å². The number of benzene rings is 1. The number of rotatable bonds is 5. The van der Waals surface area contributed by atoms with Crippen LogP contribution >= 0.6 is 0 Å². The third-order valence-corrected chi connectivity index (χ3v) is 7.91. The van der Waals surface area contributed by atoms with E-state index in [1.165, 1.54) is 12.1 Å². The van der Waals surface area contributed by atoms with E-state index < -0.39 is 11.7 Å². The fourth-order valence-corrected chi connectivity index (χ4v) is 6.17. The van der Waals surface area contributed by atoms with Crippen LogP contribution < -0.4 is 16.4 Å². The molecular weight excluding hydrogens is 497 g/mol. The Morgan fingerprint density at radius 3 is 2.64 bits per heavy atom. The summed E-state index contributed by atoms with van der Waals surface area (Å²) in [7, 11) is 0. The molecule has 2 saturated carbocycles. The number of imidazole rings is 1. The number of nitrogens with two attached hydrogens (primary N) is 1. The Hall–Kier alpha value is -4.78. The molecule has 0 spiro atoms. The number of halogens is 1. The lowest BCUT2D eigenvalue weighted by atomic mass is 9.83. The van der Waals surface area contributed by atoms with Crippen LogP contribution in [0.25, 0.3) is 16.8 Å². The molecule has 3 heterocycles. The van der Waals surface area contributed by atoms with E-state index in [0.717, 1.165) is 37.9 Å². The third kappa shape index (κ3) is 4.16. The van der Waals surface area contributed by atoms with Gasteiger partial charge in [0.2, 0.25) is 0 Å². The minimum Gasteiger partial charge on any atom is -0.382 e.